The van der Waals surface area contributed by atoms with Gasteiger partial charge in [0.1, 0.15) is 24.1 Å². The first-order valence-corrected chi connectivity index (χ1v) is 16.3. The van der Waals surface area contributed by atoms with Gasteiger partial charge in [0.15, 0.2) is 0 Å². The van der Waals surface area contributed by atoms with E-state index in [2.05, 4.69) is 39.9 Å². The number of fused-ring (bicyclic) bond motifs is 1. The monoisotopic (exact) mass is 646 g/mol. The Balaban J connectivity index is 0.000000348. The molecule has 3 aromatic rings. The number of aryl methyl sites for hydroxylation is 1. The van der Waals surface area contributed by atoms with Crippen molar-refractivity contribution in [3.8, 4) is 0 Å². The van der Waals surface area contributed by atoms with Crippen LogP contribution in [-0.2, 0) is 19.3 Å². The van der Waals surface area contributed by atoms with Gasteiger partial charge < -0.3 is 20.1 Å². The van der Waals surface area contributed by atoms with Gasteiger partial charge in [-0.05, 0) is 92.0 Å². The molecule has 1 aliphatic heterocycles. The number of benzene rings is 2. The standard InChI is InChI=1S/C16H22FN.C13H18F2NP.C4H8F2O.CH4O/c1-4-5-8-14-12(10-11(2)3)16-13(17)7-6-9-15(16)18-14;14-12-5-10(6-13(15)7-12)4-11-8-16(9-11)2-1-3-17;1-2-4(5,6)3-7;1-2/h6-7,9,11,18H,4-5,8,10H2,1-3H3;5-7,11H,1-4,8-9,17H2;7H,2-3H2,1H3;2H,1H3. The first-order valence-electron chi connectivity index (χ1n) is 15.5. The van der Waals surface area contributed by atoms with Crippen molar-refractivity contribution < 1.29 is 32.2 Å². The van der Waals surface area contributed by atoms with E-state index < -0.39 is 24.2 Å². The van der Waals surface area contributed by atoms with E-state index in [9.17, 15) is 22.0 Å². The van der Waals surface area contributed by atoms with Crippen LogP contribution >= 0.6 is 9.24 Å². The third kappa shape index (κ3) is 13.9. The Morgan fingerprint density at radius 3 is 2.16 bits per heavy atom. The van der Waals surface area contributed by atoms with E-state index in [-0.39, 0.29) is 12.2 Å². The highest BCUT2D eigenvalue weighted by Crippen LogP contribution is 2.28. The van der Waals surface area contributed by atoms with Crippen LogP contribution < -0.4 is 0 Å². The number of hydrogen-bond acceptors (Lipinski definition) is 3. The van der Waals surface area contributed by atoms with E-state index in [1.807, 2.05) is 6.07 Å². The predicted molar refractivity (Wildman–Crippen MR) is 175 cm³/mol. The Labute approximate surface area is 262 Å². The number of aromatic amines is 1. The minimum absolute atomic E-state index is 0.0952. The van der Waals surface area contributed by atoms with Crippen molar-refractivity contribution in [2.24, 2.45) is 11.8 Å². The molecular weight excluding hydrogens is 594 g/mol. The molecule has 1 fully saturated rings. The molecule has 250 valence electrons. The number of halogens is 5. The third-order valence-corrected chi connectivity index (χ3v) is 7.67. The molecule has 0 saturated carbocycles. The summed E-state index contributed by atoms with van der Waals surface area (Å²) in [5, 5.41) is 15.6. The van der Waals surface area contributed by atoms with Crippen LogP contribution in [0.15, 0.2) is 36.4 Å². The van der Waals surface area contributed by atoms with Gasteiger partial charge in [-0.3, -0.25) is 0 Å². The fourth-order valence-electron chi connectivity index (χ4n) is 5.00. The van der Waals surface area contributed by atoms with Crippen LogP contribution in [0.5, 0.6) is 0 Å². The van der Waals surface area contributed by atoms with Gasteiger partial charge >= 0.3 is 0 Å². The van der Waals surface area contributed by atoms with E-state index in [0.29, 0.717) is 11.8 Å². The number of nitrogens with zero attached hydrogens (tertiary/aromatic N) is 1. The van der Waals surface area contributed by atoms with Gasteiger partial charge in [-0.25, -0.2) is 22.0 Å². The molecule has 3 N–H and O–H groups in total. The van der Waals surface area contributed by atoms with Crippen LogP contribution in [0, 0.1) is 29.3 Å². The highest BCUT2D eigenvalue weighted by Gasteiger charge is 2.26. The second-order valence-electron chi connectivity index (χ2n) is 11.6. The summed E-state index contributed by atoms with van der Waals surface area (Å²) in [4.78, 5) is 5.80. The topological polar surface area (TPSA) is 59.5 Å². The molecule has 0 spiro atoms. The Bertz CT molecular complexity index is 1190. The van der Waals surface area contributed by atoms with Crippen LogP contribution in [0.4, 0.5) is 22.0 Å². The summed E-state index contributed by atoms with van der Waals surface area (Å²) in [6.45, 7) is 10.1. The largest absolute Gasteiger partial charge is 0.400 e. The number of rotatable bonds is 12. The molecule has 0 radical (unpaired) electrons. The summed E-state index contributed by atoms with van der Waals surface area (Å²) in [6, 6.07) is 9.11. The number of aliphatic hydroxyl groups excluding tert-OH is 2. The van der Waals surface area contributed by atoms with Gasteiger partial charge in [-0.1, -0.05) is 40.2 Å². The molecule has 1 aromatic heterocycles. The number of alkyl halides is 2. The molecule has 10 heteroatoms. The summed E-state index contributed by atoms with van der Waals surface area (Å²) >= 11 is 0. The maximum Gasteiger partial charge on any atom is 0.270 e. The van der Waals surface area contributed by atoms with Crippen molar-refractivity contribution in [3.63, 3.8) is 0 Å². The first-order chi connectivity index (χ1) is 20.9. The number of unbranched alkanes of at least 4 members (excludes halogenated alkanes) is 1. The van der Waals surface area contributed by atoms with E-state index in [4.69, 9.17) is 10.2 Å². The molecule has 4 rings (SSSR count). The van der Waals surface area contributed by atoms with E-state index in [0.717, 1.165) is 81.1 Å². The summed E-state index contributed by atoms with van der Waals surface area (Å²) < 4.78 is 63.3. The molecule has 0 amide bonds. The lowest BCUT2D eigenvalue weighted by Crippen LogP contribution is -2.47. The normalized spacial score (nSPS) is 13.4. The summed E-state index contributed by atoms with van der Waals surface area (Å²) in [6.07, 6.45) is 7.11. The highest BCUT2D eigenvalue weighted by atomic mass is 31.0. The molecule has 1 saturated heterocycles. The smallest absolute Gasteiger partial charge is 0.270 e. The minimum atomic E-state index is -2.86. The van der Waals surface area contributed by atoms with Gasteiger partial charge in [-0.2, -0.15) is 0 Å². The molecule has 1 aliphatic rings. The molecule has 0 bridgehead atoms. The van der Waals surface area contributed by atoms with Gasteiger partial charge in [-0.15, -0.1) is 9.24 Å². The maximum absolute atomic E-state index is 14.0. The van der Waals surface area contributed by atoms with Crippen LogP contribution in [0.2, 0.25) is 0 Å². The zero-order chi connectivity index (χ0) is 33.3. The molecule has 1 unspecified atom stereocenters. The summed E-state index contributed by atoms with van der Waals surface area (Å²) in [7, 11) is 3.73. The molecular formula is C34H52F5N2O2P. The van der Waals surface area contributed by atoms with Gasteiger partial charge in [0, 0.05) is 49.3 Å². The Morgan fingerprint density at radius 1 is 1.02 bits per heavy atom. The maximum atomic E-state index is 14.0. The quantitative estimate of drug-likeness (QED) is 0.137. The lowest BCUT2D eigenvalue weighted by atomic mass is 9.92. The number of aliphatic hydroxyl groups is 2. The van der Waals surface area contributed by atoms with Gasteiger partial charge in [0.05, 0.1) is 0 Å². The van der Waals surface area contributed by atoms with Crippen molar-refractivity contribution >= 4 is 20.1 Å². The van der Waals surface area contributed by atoms with Crippen molar-refractivity contribution in [2.45, 2.75) is 78.6 Å². The van der Waals surface area contributed by atoms with Crippen LogP contribution in [0.25, 0.3) is 10.9 Å². The molecule has 2 aromatic carbocycles. The van der Waals surface area contributed by atoms with E-state index in [1.54, 1.807) is 12.1 Å². The van der Waals surface area contributed by atoms with Crippen LogP contribution in [0.3, 0.4) is 0 Å². The van der Waals surface area contributed by atoms with Gasteiger partial charge in [0.25, 0.3) is 5.92 Å². The number of aromatic nitrogens is 1. The van der Waals surface area contributed by atoms with Crippen molar-refractivity contribution in [1.29, 1.82) is 0 Å². The first kappa shape index (κ1) is 40.0. The van der Waals surface area contributed by atoms with Gasteiger partial charge in [0.2, 0.25) is 0 Å². The van der Waals surface area contributed by atoms with Crippen LogP contribution in [-0.4, -0.2) is 65.5 Å². The zero-order valence-electron chi connectivity index (χ0n) is 26.9. The van der Waals surface area contributed by atoms with E-state index >= 15 is 0 Å². The molecule has 2 heterocycles. The third-order valence-electron chi connectivity index (χ3n) is 7.26. The average molecular weight is 647 g/mol. The molecule has 4 nitrogen and oxygen atoms in total. The van der Waals surface area contributed by atoms with Crippen molar-refractivity contribution in [3.05, 3.63) is 70.7 Å². The predicted octanol–water partition coefficient (Wildman–Crippen LogP) is 8.18. The summed E-state index contributed by atoms with van der Waals surface area (Å²) in [5.41, 5.74) is 4.13. The number of hydrogen-bond donors (Lipinski definition) is 3. The molecule has 0 aliphatic carbocycles. The minimum Gasteiger partial charge on any atom is -0.400 e. The lowest BCUT2D eigenvalue weighted by Gasteiger charge is -2.39. The average Bonchev–Trinajstić information content (AvgIpc) is 3.31. The van der Waals surface area contributed by atoms with E-state index in [1.165, 1.54) is 43.2 Å². The molecule has 1 atom stereocenters. The summed E-state index contributed by atoms with van der Waals surface area (Å²) in [5.74, 6) is -2.80. The lowest BCUT2D eigenvalue weighted by molar-refractivity contribution is -0.0522. The number of H-pyrrole nitrogens is 1. The highest BCUT2D eigenvalue weighted by molar-refractivity contribution is 7.16. The van der Waals surface area contributed by atoms with Crippen LogP contribution in [0.1, 0.15) is 70.2 Å². The van der Waals surface area contributed by atoms with Crippen molar-refractivity contribution in [2.75, 3.05) is 39.5 Å². The SMILES string of the molecule is CCC(F)(F)CO.CCCCc1[nH]c2cccc(F)c2c1CC(C)C.CO.Fc1cc(F)cc(CC2CN(CCCP)C2)c1. The Morgan fingerprint density at radius 2 is 1.66 bits per heavy atom. The fourth-order valence-corrected chi connectivity index (χ4v) is 5.18. The fraction of sp³-hybridized carbons (Fsp3) is 0.588. The number of nitrogens with one attached hydrogen (secondary N) is 1. The zero-order valence-corrected chi connectivity index (χ0v) is 28.1. The molecule has 44 heavy (non-hydrogen) atoms. The number of likely N-dealkylation sites (tertiary alicyclic amines) is 1. The second kappa shape index (κ2) is 20.9. The van der Waals surface area contributed by atoms with Crippen molar-refractivity contribution in [1.82, 2.24) is 9.88 Å². The Kier molecular flexibility index (Phi) is 19.0. The second-order valence-corrected chi connectivity index (χ2v) is 12.1. The Hall–Kier alpha value is -2.06.